The van der Waals surface area contributed by atoms with Crippen LogP contribution in [-0.2, 0) is 23.9 Å². The van der Waals surface area contributed by atoms with Crippen LogP contribution in [0.2, 0.25) is 0 Å². The maximum absolute atomic E-state index is 14.9. The van der Waals surface area contributed by atoms with Crippen molar-refractivity contribution in [2.45, 2.75) is 63.8 Å². The zero-order valence-electron chi connectivity index (χ0n) is 28.0. The number of aliphatic hydroxyl groups excluding tert-OH is 1. The van der Waals surface area contributed by atoms with Crippen molar-refractivity contribution < 1.29 is 29.0 Å². The summed E-state index contributed by atoms with van der Waals surface area (Å²) < 4.78 is 12.5. The van der Waals surface area contributed by atoms with Crippen molar-refractivity contribution in [1.29, 1.82) is 0 Å². The summed E-state index contributed by atoms with van der Waals surface area (Å²) in [6.07, 6.45) is 4.37. The Balaban J connectivity index is 1.57. The molecule has 4 saturated heterocycles. The Hall–Kier alpha value is -3.05. The third-order valence-corrected chi connectivity index (χ3v) is 10.7. The number of hydrogen-bond acceptors (Lipinski definition) is 7. The van der Waals surface area contributed by atoms with Gasteiger partial charge in [0.25, 0.3) is 0 Å². The first-order valence-electron chi connectivity index (χ1n) is 16.8. The molecule has 0 aromatic heterocycles. The van der Waals surface area contributed by atoms with Crippen molar-refractivity contribution >= 4 is 23.4 Å². The van der Waals surface area contributed by atoms with Crippen LogP contribution in [0.1, 0.15) is 40.5 Å². The van der Waals surface area contributed by atoms with E-state index in [1.807, 2.05) is 51.1 Å². The predicted octanol–water partition coefficient (Wildman–Crippen LogP) is 2.97. The zero-order chi connectivity index (χ0) is 33.2. The Morgan fingerprint density at radius 2 is 1.78 bits per heavy atom. The third-order valence-electron chi connectivity index (χ3n) is 10.7. The SMILES string of the molecule is C=CCN(CCN1CCOCC1)C(=O)C1N([C@@H](CO)CC(C)C)C(=O)[C@@H]2[C@H](C(=O)N(CC=C)c3ccccc3)[C@@]3(C)OC12CC3C. The van der Waals surface area contributed by atoms with Gasteiger partial charge in [0.15, 0.2) is 0 Å². The van der Waals surface area contributed by atoms with Gasteiger partial charge < -0.3 is 29.3 Å². The lowest BCUT2D eigenvalue weighted by Gasteiger charge is -2.40. The van der Waals surface area contributed by atoms with Crippen molar-refractivity contribution in [3.8, 4) is 0 Å². The van der Waals surface area contributed by atoms with E-state index in [0.29, 0.717) is 51.4 Å². The number of hydrogen-bond donors (Lipinski definition) is 1. The monoisotopic (exact) mass is 636 g/mol. The maximum atomic E-state index is 14.9. The van der Waals surface area contributed by atoms with E-state index in [1.165, 1.54) is 0 Å². The number of aliphatic hydroxyl groups is 1. The fraction of sp³-hybridized carbons (Fsp3) is 0.639. The molecule has 4 fully saturated rings. The lowest BCUT2D eigenvalue weighted by molar-refractivity contribution is -0.156. The number of carbonyl (C=O) groups is 3. The van der Waals surface area contributed by atoms with Crippen molar-refractivity contribution in [2.24, 2.45) is 23.7 Å². The van der Waals surface area contributed by atoms with E-state index in [-0.39, 0.29) is 42.7 Å². The highest BCUT2D eigenvalue weighted by atomic mass is 16.5. The number of rotatable bonds is 14. The van der Waals surface area contributed by atoms with E-state index < -0.39 is 35.1 Å². The molecular formula is C36H52N4O6. The number of morpholine rings is 1. The minimum Gasteiger partial charge on any atom is -0.394 e. The molecule has 7 atom stereocenters. The molecule has 0 aliphatic carbocycles. The Morgan fingerprint density at radius 3 is 2.39 bits per heavy atom. The van der Waals surface area contributed by atoms with Gasteiger partial charge >= 0.3 is 0 Å². The number of likely N-dealkylation sites (tertiary alicyclic amines) is 1. The van der Waals surface area contributed by atoms with Gasteiger partial charge in [0, 0.05) is 45.0 Å². The minimum absolute atomic E-state index is 0.0963. The molecule has 0 radical (unpaired) electrons. The van der Waals surface area contributed by atoms with Crippen molar-refractivity contribution in [3.05, 3.63) is 55.6 Å². The van der Waals surface area contributed by atoms with Crippen LogP contribution in [-0.4, -0.2) is 120 Å². The van der Waals surface area contributed by atoms with E-state index in [4.69, 9.17) is 9.47 Å². The molecule has 3 unspecified atom stereocenters. The van der Waals surface area contributed by atoms with Crippen LogP contribution in [0, 0.1) is 23.7 Å². The third kappa shape index (κ3) is 5.93. The summed E-state index contributed by atoms with van der Waals surface area (Å²) in [4.78, 5) is 51.8. The molecule has 4 aliphatic rings. The van der Waals surface area contributed by atoms with Crippen LogP contribution in [0.25, 0.3) is 0 Å². The van der Waals surface area contributed by atoms with E-state index in [2.05, 4.69) is 25.0 Å². The van der Waals surface area contributed by atoms with Crippen LogP contribution in [0.5, 0.6) is 0 Å². The second-order valence-electron chi connectivity index (χ2n) is 14.0. The Kier molecular flexibility index (Phi) is 10.4. The fourth-order valence-corrected chi connectivity index (χ4v) is 8.48. The lowest BCUT2D eigenvalue weighted by atomic mass is 9.62. The number of carbonyl (C=O) groups excluding carboxylic acids is 3. The molecule has 1 spiro atoms. The molecule has 1 N–H and O–H groups in total. The van der Waals surface area contributed by atoms with E-state index in [0.717, 1.165) is 13.1 Å². The summed E-state index contributed by atoms with van der Waals surface area (Å²) in [5.41, 5.74) is -1.45. The molecule has 5 rings (SSSR count). The molecule has 1 aromatic carbocycles. The number of anilines is 1. The number of ether oxygens (including phenoxy) is 2. The average Bonchev–Trinajstić information content (AvgIpc) is 3.57. The highest BCUT2D eigenvalue weighted by molar-refractivity contribution is 6.03. The second kappa shape index (κ2) is 14.0. The predicted molar refractivity (Wildman–Crippen MR) is 177 cm³/mol. The smallest absolute Gasteiger partial charge is 0.248 e. The largest absolute Gasteiger partial charge is 0.394 e. The normalized spacial score (nSPS) is 31.2. The standard InChI is InChI=1S/C36H52N4O6/c1-7-14-38(17-16-37-18-20-45-21-19-37)34(44)31-36-23-26(5)35(6,46-36)29(30(36)33(43)40(31)28(24-41)22-25(3)4)32(42)39(15-8-2)27-12-10-9-11-13-27/h7-13,25-26,28-31,41H,1-2,14-24H2,3-6H3/t26?,28-,29-,30+,31?,35+,36?/m1/s1. The first-order valence-corrected chi connectivity index (χ1v) is 16.8. The zero-order valence-corrected chi connectivity index (χ0v) is 28.0. The Labute approximate surface area is 274 Å². The molecule has 1 aromatic rings. The van der Waals surface area contributed by atoms with Gasteiger partial charge in [0.2, 0.25) is 17.7 Å². The Bertz CT molecular complexity index is 1280. The van der Waals surface area contributed by atoms with Crippen LogP contribution in [0.15, 0.2) is 55.6 Å². The number of benzene rings is 1. The summed E-state index contributed by atoms with van der Waals surface area (Å²) in [5, 5.41) is 10.7. The fourth-order valence-electron chi connectivity index (χ4n) is 8.48. The number of fused-ring (bicyclic) bond motifs is 1. The van der Waals surface area contributed by atoms with Gasteiger partial charge in [-0.3, -0.25) is 19.3 Å². The van der Waals surface area contributed by atoms with Gasteiger partial charge in [-0.1, -0.05) is 51.1 Å². The topological polar surface area (TPSA) is 103 Å². The first kappa shape index (κ1) is 34.3. The van der Waals surface area contributed by atoms with Crippen molar-refractivity contribution in [2.75, 3.05) is 64.0 Å². The minimum atomic E-state index is -1.21. The summed E-state index contributed by atoms with van der Waals surface area (Å²) in [6, 6.07) is 7.83. The maximum Gasteiger partial charge on any atom is 0.248 e. The van der Waals surface area contributed by atoms with Crippen LogP contribution in [0.4, 0.5) is 5.69 Å². The van der Waals surface area contributed by atoms with E-state index in [9.17, 15) is 19.5 Å². The summed E-state index contributed by atoms with van der Waals surface area (Å²) >= 11 is 0. The molecule has 4 aliphatic heterocycles. The molecule has 3 amide bonds. The van der Waals surface area contributed by atoms with Crippen LogP contribution >= 0.6 is 0 Å². The number of para-hydroxylation sites is 1. The van der Waals surface area contributed by atoms with Crippen LogP contribution in [0.3, 0.4) is 0 Å². The summed E-state index contributed by atoms with van der Waals surface area (Å²) in [6.45, 7) is 20.2. The van der Waals surface area contributed by atoms with Gasteiger partial charge in [-0.15, -0.1) is 13.2 Å². The molecule has 10 nitrogen and oxygen atoms in total. The molecule has 10 heteroatoms. The molecule has 2 bridgehead atoms. The first-order chi connectivity index (χ1) is 22.0. The second-order valence-corrected chi connectivity index (χ2v) is 14.0. The molecule has 252 valence electrons. The highest BCUT2D eigenvalue weighted by Gasteiger charge is 2.80. The van der Waals surface area contributed by atoms with Crippen LogP contribution < -0.4 is 4.90 Å². The molecule has 46 heavy (non-hydrogen) atoms. The van der Waals surface area contributed by atoms with E-state index in [1.54, 1.807) is 26.9 Å². The van der Waals surface area contributed by atoms with Gasteiger partial charge in [-0.2, -0.15) is 0 Å². The van der Waals surface area contributed by atoms with E-state index >= 15 is 0 Å². The lowest BCUT2D eigenvalue weighted by Crippen LogP contribution is -2.59. The Morgan fingerprint density at radius 1 is 1.11 bits per heavy atom. The van der Waals surface area contributed by atoms with Gasteiger partial charge in [0.05, 0.1) is 43.3 Å². The van der Waals surface area contributed by atoms with Gasteiger partial charge in [-0.05, 0) is 43.7 Å². The highest BCUT2D eigenvalue weighted by Crippen LogP contribution is 2.66. The molecular weight excluding hydrogens is 584 g/mol. The quantitative estimate of drug-likeness (QED) is 0.314. The summed E-state index contributed by atoms with van der Waals surface area (Å²) in [5.74, 6) is -2.33. The van der Waals surface area contributed by atoms with Gasteiger partial charge in [0.1, 0.15) is 11.6 Å². The summed E-state index contributed by atoms with van der Waals surface area (Å²) in [7, 11) is 0. The molecule has 0 saturated carbocycles. The van der Waals surface area contributed by atoms with Crippen molar-refractivity contribution in [3.63, 3.8) is 0 Å². The molecule has 4 heterocycles. The number of amides is 3. The number of nitrogens with zero attached hydrogens (tertiary/aromatic N) is 4. The van der Waals surface area contributed by atoms with Gasteiger partial charge in [-0.25, -0.2) is 0 Å². The average molecular weight is 637 g/mol. The van der Waals surface area contributed by atoms with Crippen molar-refractivity contribution in [1.82, 2.24) is 14.7 Å².